The zero-order valence-corrected chi connectivity index (χ0v) is 18.2. The van der Waals surface area contributed by atoms with Crippen LogP contribution in [0.1, 0.15) is 33.5 Å². The maximum atomic E-state index is 12.6. The molecule has 0 aliphatic rings. The molecule has 3 aromatic rings. The van der Waals surface area contributed by atoms with Crippen LogP contribution in [0, 0.1) is 25.5 Å². The van der Waals surface area contributed by atoms with Gasteiger partial charge in [0, 0.05) is 24.2 Å². The summed E-state index contributed by atoms with van der Waals surface area (Å²) in [7, 11) is 1.34. The molecule has 0 aliphatic heterocycles. The number of hydrogen-bond donors (Lipinski definition) is 2. The summed E-state index contributed by atoms with van der Waals surface area (Å²) < 4.78 is 7.09. The van der Waals surface area contributed by atoms with Gasteiger partial charge in [-0.3, -0.25) is 14.5 Å². The number of aromatic amines is 1. The van der Waals surface area contributed by atoms with Crippen LogP contribution in [0.3, 0.4) is 0 Å². The van der Waals surface area contributed by atoms with Crippen molar-refractivity contribution in [3.05, 3.63) is 63.4 Å². The van der Waals surface area contributed by atoms with E-state index in [1.165, 1.54) is 7.11 Å². The fourth-order valence-electron chi connectivity index (χ4n) is 3.14. The van der Waals surface area contributed by atoms with Crippen LogP contribution in [0.15, 0.2) is 36.4 Å². The van der Waals surface area contributed by atoms with Gasteiger partial charge in [-0.25, -0.2) is 4.79 Å². The zero-order valence-electron chi connectivity index (χ0n) is 17.4. The summed E-state index contributed by atoms with van der Waals surface area (Å²) in [6, 6.07) is 11.4. The van der Waals surface area contributed by atoms with Crippen molar-refractivity contribution in [1.29, 1.82) is 0 Å². The molecule has 3 rings (SSSR count). The molecule has 8 heteroatoms. The number of rotatable bonds is 6. The summed E-state index contributed by atoms with van der Waals surface area (Å²) in [5.74, 6) is 0.0677. The van der Waals surface area contributed by atoms with Crippen LogP contribution in [0.5, 0.6) is 0 Å². The van der Waals surface area contributed by atoms with Crippen LogP contribution < -0.4 is 5.32 Å². The highest BCUT2D eigenvalue weighted by Gasteiger charge is 2.15. The summed E-state index contributed by atoms with van der Waals surface area (Å²) in [4.78, 5) is 24.5. The van der Waals surface area contributed by atoms with Crippen molar-refractivity contribution in [2.45, 2.75) is 33.7 Å². The third-order valence-electron chi connectivity index (χ3n) is 4.99. The number of anilines is 1. The van der Waals surface area contributed by atoms with Crippen molar-refractivity contribution >= 4 is 29.8 Å². The molecule has 156 valence electrons. The Balaban J connectivity index is 1.74. The van der Waals surface area contributed by atoms with Crippen molar-refractivity contribution in [2.24, 2.45) is 0 Å². The maximum Gasteiger partial charge on any atom is 0.338 e. The Morgan fingerprint density at radius 3 is 2.53 bits per heavy atom. The molecule has 0 saturated carbocycles. The monoisotopic (exact) mass is 424 g/mol. The number of esters is 1. The van der Waals surface area contributed by atoms with Gasteiger partial charge < -0.3 is 10.1 Å². The van der Waals surface area contributed by atoms with Gasteiger partial charge in [-0.1, -0.05) is 29.8 Å². The van der Waals surface area contributed by atoms with Gasteiger partial charge in [0.25, 0.3) is 0 Å². The van der Waals surface area contributed by atoms with Crippen molar-refractivity contribution < 1.29 is 14.3 Å². The number of nitrogens with zero attached hydrogens (tertiary/aromatic N) is 2. The summed E-state index contributed by atoms with van der Waals surface area (Å²) in [5, 5.41) is 9.95. The van der Waals surface area contributed by atoms with Crippen molar-refractivity contribution in [3.63, 3.8) is 0 Å². The first-order valence-electron chi connectivity index (χ1n) is 9.52. The molecule has 30 heavy (non-hydrogen) atoms. The number of aryl methyl sites for hydroxylation is 2. The quantitative estimate of drug-likeness (QED) is 0.454. The summed E-state index contributed by atoms with van der Waals surface area (Å²) in [5.41, 5.74) is 4.78. The molecule has 7 nitrogen and oxygen atoms in total. The second-order valence-corrected chi connectivity index (χ2v) is 7.51. The zero-order chi connectivity index (χ0) is 21.8. The molecule has 0 atom stereocenters. The van der Waals surface area contributed by atoms with E-state index in [2.05, 4.69) is 15.5 Å². The molecule has 2 N–H and O–H groups in total. The third kappa shape index (κ3) is 4.65. The first-order valence-corrected chi connectivity index (χ1v) is 9.92. The summed E-state index contributed by atoms with van der Waals surface area (Å²) in [6.07, 6.45) is 0.202. The average molecular weight is 425 g/mol. The van der Waals surface area contributed by atoms with E-state index in [1.54, 1.807) is 10.6 Å². The van der Waals surface area contributed by atoms with Gasteiger partial charge in [-0.15, -0.1) is 0 Å². The third-order valence-corrected chi connectivity index (χ3v) is 5.30. The lowest BCUT2D eigenvalue weighted by Gasteiger charge is -2.12. The first kappa shape index (κ1) is 21.4. The standard InChI is InChI=1S/C22H24N4O3S/c1-13-5-7-16(8-6-13)20-24-25-22(30)26(20)10-9-19(27)23-17-11-14(2)15(3)18(12-17)21(28)29-4/h5-8,11-12H,9-10H2,1-4H3,(H,23,27)(H,25,30). The summed E-state index contributed by atoms with van der Waals surface area (Å²) >= 11 is 5.33. The molecule has 0 aliphatic carbocycles. The number of methoxy groups -OCH3 is 1. The molecule has 0 spiro atoms. The number of carbonyl (C=O) groups excluding carboxylic acids is 2. The predicted molar refractivity (Wildman–Crippen MR) is 118 cm³/mol. The van der Waals surface area contributed by atoms with Gasteiger partial charge in [0.05, 0.1) is 12.7 Å². The smallest absolute Gasteiger partial charge is 0.338 e. The SMILES string of the molecule is COC(=O)c1cc(NC(=O)CCn2c(-c3ccc(C)cc3)n[nH]c2=S)cc(C)c1C. The largest absolute Gasteiger partial charge is 0.465 e. The number of hydrogen-bond acceptors (Lipinski definition) is 5. The Hall–Kier alpha value is -3.26. The van der Waals surface area contributed by atoms with Crippen LogP contribution in [0.25, 0.3) is 11.4 Å². The number of ether oxygens (including phenoxy) is 1. The lowest BCUT2D eigenvalue weighted by Crippen LogP contribution is -2.16. The Morgan fingerprint density at radius 1 is 1.17 bits per heavy atom. The van der Waals surface area contributed by atoms with E-state index < -0.39 is 5.97 Å². The van der Waals surface area contributed by atoms with E-state index in [1.807, 2.05) is 51.1 Å². The van der Waals surface area contributed by atoms with Crippen LogP contribution in [-0.4, -0.2) is 33.8 Å². The van der Waals surface area contributed by atoms with Crippen molar-refractivity contribution in [3.8, 4) is 11.4 Å². The van der Waals surface area contributed by atoms with Gasteiger partial charge >= 0.3 is 5.97 Å². The van der Waals surface area contributed by atoms with E-state index >= 15 is 0 Å². The highest BCUT2D eigenvalue weighted by atomic mass is 32.1. The normalized spacial score (nSPS) is 10.7. The second-order valence-electron chi connectivity index (χ2n) is 7.13. The van der Waals surface area contributed by atoms with Gasteiger partial charge in [0.1, 0.15) is 0 Å². The molecule has 0 fully saturated rings. The molecule has 0 radical (unpaired) electrons. The van der Waals surface area contributed by atoms with Crippen molar-refractivity contribution in [1.82, 2.24) is 14.8 Å². The summed E-state index contributed by atoms with van der Waals surface area (Å²) in [6.45, 7) is 6.12. The molecular formula is C22H24N4O3S. The number of nitrogens with one attached hydrogen (secondary N) is 2. The molecule has 0 bridgehead atoms. The molecular weight excluding hydrogens is 400 g/mol. The van der Waals surface area contributed by atoms with Crippen molar-refractivity contribution in [2.75, 3.05) is 12.4 Å². The minimum Gasteiger partial charge on any atom is -0.465 e. The van der Waals surface area contributed by atoms with E-state index in [4.69, 9.17) is 17.0 Å². The molecule has 2 aromatic carbocycles. The fraction of sp³-hybridized carbons (Fsp3) is 0.273. The van der Waals surface area contributed by atoms with Crippen LogP contribution in [-0.2, 0) is 16.1 Å². The molecule has 1 heterocycles. The minimum absolute atomic E-state index is 0.188. The Bertz CT molecular complexity index is 1150. The minimum atomic E-state index is -0.431. The highest BCUT2D eigenvalue weighted by molar-refractivity contribution is 7.71. The lowest BCUT2D eigenvalue weighted by molar-refractivity contribution is -0.116. The Morgan fingerprint density at radius 2 is 1.87 bits per heavy atom. The fourth-order valence-corrected chi connectivity index (χ4v) is 3.36. The Kier molecular flexibility index (Phi) is 6.47. The topological polar surface area (TPSA) is 89.0 Å². The maximum absolute atomic E-state index is 12.6. The number of benzene rings is 2. The first-order chi connectivity index (χ1) is 14.3. The van der Waals surface area contributed by atoms with Gasteiger partial charge in [-0.05, 0) is 56.2 Å². The van der Waals surface area contributed by atoms with Gasteiger partial charge in [-0.2, -0.15) is 5.10 Å². The molecule has 1 aromatic heterocycles. The molecule has 0 saturated heterocycles. The number of H-pyrrole nitrogens is 1. The van der Waals surface area contributed by atoms with Crippen LogP contribution >= 0.6 is 12.2 Å². The van der Waals surface area contributed by atoms with Gasteiger partial charge in [0.15, 0.2) is 10.6 Å². The lowest BCUT2D eigenvalue weighted by atomic mass is 10.0. The van der Waals surface area contributed by atoms with E-state index in [0.717, 1.165) is 22.3 Å². The number of amides is 1. The predicted octanol–water partition coefficient (Wildman–Crippen LogP) is 4.35. The van der Waals surface area contributed by atoms with E-state index in [-0.39, 0.29) is 12.3 Å². The van der Waals surface area contributed by atoms with E-state index in [9.17, 15) is 9.59 Å². The van der Waals surface area contributed by atoms with Gasteiger partial charge in [0.2, 0.25) is 5.91 Å². The number of aromatic nitrogens is 3. The Labute approximate surface area is 180 Å². The highest BCUT2D eigenvalue weighted by Crippen LogP contribution is 2.22. The molecule has 0 unspecified atom stereocenters. The average Bonchev–Trinajstić information content (AvgIpc) is 3.09. The van der Waals surface area contributed by atoms with E-state index in [0.29, 0.717) is 28.4 Å². The molecule has 1 amide bonds. The van der Waals surface area contributed by atoms with Crippen LogP contribution in [0.2, 0.25) is 0 Å². The number of carbonyl (C=O) groups is 2. The van der Waals surface area contributed by atoms with Crippen LogP contribution in [0.4, 0.5) is 5.69 Å². The second kappa shape index (κ2) is 9.04.